The molecule has 1 saturated heterocycles. The monoisotopic (exact) mass is 155 g/mol. The predicted molar refractivity (Wildman–Crippen MR) is 45.2 cm³/mol. The van der Waals surface area contributed by atoms with Crippen molar-refractivity contribution in [3.8, 4) is 0 Å². The molecule has 0 bridgehead atoms. The lowest BCUT2D eigenvalue weighted by Gasteiger charge is -2.23. The van der Waals surface area contributed by atoms with Gasteiger partial charge in [0, 0.05) is 13.0 Å². The third kappa shape index (κ3) is 2.91. The van der Waals surface area contributed by atoms with E-state index in [2.05, 4.69) is 19.2 Å². The van der Waals surface area contributed by atoms with Crippen LogP contribution in [0.15, 0.2) is 0 Å². The molecule has 1 fully saturated rings. The minimum absolute atomic E-state index is 0.227. The number of nitrogens with one attached hydrogen (secondary N) is 1. The summed E-state index contributed by atoms with van der Waals surface area (Å²) >= 11 is 0. The van der Waals surface area contributed by atoms with Gasteiger partial charge in [0.1, 0.15) is 0 Å². The van der Waals surface area contributed by atoms with Crippen molar-refractivity contribution < 1.29 is 4.79 Å². The highest BCUT2D eigenvalue weighted by Crippen LogP contribution is 2.18. The van der Waals surface area contributed by atoms with E-state index >= 15 is 0 Å². The van der Waals surface area contributed by atoms with Crippen molar-refractivity contribution in [3.63, 3.8) is 0 Å². The Balaban J connectivity index is 2.22. The highest BCUT2D eigenvalue weighted by molar-refractivity contribution is 5.76. The number of hydrogen-bond acceptors (Lipinski definition) is 1. The summed E-state index contributed by atoms with van der Waals surface area (Å²) < 4.78 is 0. The smallest absolute Gasteiger partial charge is 0.220 e. The van der Waals surface area contributed by atoms with Crippen molar-refractivity contribution in [3.05, 3.63) is 0 Å². The molecule has 0 aliphatic carbocycles. The van der Waals surface area contributed by atoms with E-state index in [1.807, 2.05) is 0 Å². The van der Waals surface area contributed by atoms with Crippen LogP contribution in [0.25, 0.3) is 0 Å². The van der Waals surface area contributed by atoms with E-state index < -0.39 is 0 Å². The number of carbonyl (C=O) groups excluding carboxylic acids is 1. The van der Waals surface area contributed by atoms with Crippen LogP contribution in [-0.2, 0) is 4.79 Å². The van der Waals surface area contributed by atoms with Gasteiger partial charge in [0.05, 0.1) is 0 Å². The highest BCUT2D eigenvalue weighted by Gasteiger charge is 2.18. The SMILES string of the molecule is CC(C)C[C@@H]1CCC(=O)NC1. The summed E-state index contributed by atoms with van der Waals surface area (Å²) in [6.07, 6.45) is 3.07. The molecule has 0 radical (unpaired) electrons. The second-order valence-corrected chi connectivity index (χ2v) is 3.84. The molecule has 0 unspecified atom stereocenters. The average Bonchev–Trinajstić information content (AvgIpc) is 1.93. The van der Waals surface area contributed by atoms with Gasteiger partial charge in [-0.25, -0.2) is 0 Å². The Morgan fingerprint density at radius 2 is 2.36 bits per heavy atom. The van der Waals surface area contributed by atoms with Gasteiger partial charge in [-0.1, -0.05) is 13.8 Å². The molecule has 1 N–H and O–H groups in total. The number of rotatable bonds is 2. The fourth-order valence-corrected chi connectivity index (χ4v) is 1.65. The van der Waals surface area contributed by atoms with E-state index in [-0.39, 0.29) is 5.91 Å². The normalized spacial score (nSPS) is 25.4. The van der Waals surface area contributed by atoms with E-state index in [0.717, 1.165) is 31.2 Å². The molecule has 1 amide bonds. The van der Waals surface area contributed by atoms with E-state index in [4.69, 9.17) is 0 Å². The maximum Gasteiger partial charge on any atom is 0.220 e. The lowest BCUT2D eigenvalue weighted by molar-refractivity contribution is -0.123. The lowest BCUT2D eigenvalue weighted by Crippen LogP contribution is -2.35. The highest BCUT2D eigenvalue weighted by atomic mass is 16.1. The third-order valence-electron chi connectivity index (χ3n) is 2.17. The minimum atomic E-state index is 0.227. The van der Waals surface area contributed by atoms with Crippen LogP contribution < -0.4 is 5.32 Å². The standard InChI is InChI=1S/C9H17NO/c1-7(2)5-8-3-4-9(11)10-6-8/h7-8H,3-6H2,1-2H3,(H,10,11)/t8-/m0/s1. The van der Waals surface area contributed by atoms with Gasteiger partial charge in [-0.15, -0.1) is 0 Å². The van der Waals surface area contributed by atoms with Crippen LogP contribution in [0.5, 0.6) is 0 Å². The zero-order valence-corrected chi connectivity index (χ0v) is 7.39. The molecule has 1 atom stereocenters. The average molecular weight is 155 g/mol. The van der Waals surface area contributed by atoms with E-state index in [1.165, 1.54) is 6.42 Å². The molecule has 1 aliphatic heterocycles. The Bertz CT molecular complexity index is 132. The summed E-state index contributed by atoms with van der Waals surface area (Å²) in [5.74, 6) is 1.72. The van der Waals surface area contributed by atoms with Gasteiger partial charge >= 0.3 is 0 Å². The zero-order chi connectivity index (χ0) is 8.27. The van der Waals surface area contributed by atoms with Crippen LogP contribution in [0.4, 0.5) is 0 Å². The van der Waals surface area contributed by atoms with Gasteiger partial charge < -0.3 is 5.32 Å². The molecule has 2 nitrogen and oxygen atoms in total. The van der Waals surface area contributed by atoms with Crippen molar-refractivity contribution in [1.82, 2.24) is 5.32 Å². The molecule has 64 valence electrons. The molecule has 0 aromatic carbocycles. The van der Waals surface area contributed by atoms with Crippen molar-refractivity contribution in [2.45, 2.75) is 33.1 Å². The predicted octanol–water partition coefficient (Wildman–Crippen LogP) is 1.56. The van der Waals surface area contributed by atoms with E-state index in [1.54, 1.807) is 0 Å². The first-order valence-corrected chi connectivity index (χ1v) is 4.45. The fraction of sp³-hybridized carbons (Fsp3) is 0.889. The molecule has 0 aromatic rings. The zero-order valence-electron chi connectivity index (χ0n) is 7.39. The van der Waals surface area contributed by atoms with Crippen LogP contribution in [0.2, 0.25) is 0 Å². The first-order chi connectivity index (χ1) is 5.18. The number of carbonyl (C=O) groups is 1. The van der Waals surface area contributed by atoms with Crippen molar-refractivity contribution >= 4 is 5.91 Å². The topological polar surface area (TPSA) is 29.1 Å². The molecular formula is C9H17NO. The maximum absolute atomic E-state index is 10.8. The Morgan fingerprint density at radius 3 is 2.82 bits per heavy atom. The molecular weight excluding hydrogens is 138 g/mol. The molecule has 1 heterocycles. The van der Waals surface area contributed by atoms with Crippen molar-refractivity contribution in [2.24, 2.45) is 11.8 Å². The molecule has 0 aromatic heterocycles. The molecule has 1 rings (SSSR count). The summed E-state index contributed by atoms with van der Waals surface area (Å²) in [4.78, 5) is 10.8. The van der Waals surface area contributed by atoms with Crippen molar-refractivity contribution in [2.75, 3.05) is 6.54 Å². The summed E-state index contributed by atoms with van der Waals surface area (Å²) in [6.45, 7) is 5.36. The van der Waals surface area contributed by atoms with Gasteiger partial charge in [-0.05, 0) is 24.7 Å². The maximum atomic E-state index is 10.8. The summed E-state index contributed by atoms with van der Waals surface area (Å²) in [5, 5.41) is 2.90. The lowest BCUT2D eigenvalue weighted by atomic mass is 9.90. The van der Waals surface area contributed by atoms with Gasteiger partial charge in [-0.3, -0.25) is 4.79 Å². The minimum Gasteiger partial charge on any atom is -0.356 e. The summed E-state index contributed by atoms with van der Waals surface area (Å²) in [5.41, 5.74) is 0. The first-order valence-electron chi connectivity index (χ1n) is 4.45. The summed E-state index contributed by atoms with van der Waals surface area (Å²) in [7, 11) is 0. The quantitative estimate of drug-likeness (QED) is 0.644. The second-order valence-electron chi connectivity index (χ2n) is 3.84. The van der Waals surface area contributed by atoms with Gasteiger partial charge in [0.25, 0.3) is 0 Å². The van der Waals surface area contributed by atoms with Crippen LogP contribution in [0.1, 0.15) is 33.1 Å². The number of hydrogen-bond donors (Lipinski definition) is 1. The van der Waals surface area contributed by atoms with Crippen LogP contribution >= 0.6 is 0 Å². The fourth-order valence-electron chi connectivity index (χ4n) is 1.65. The Kier molecular flexibility index (Phi) is 2.92. The van der Waals surface area contributed by atoms with Crippen molar-refractivity contribution in [1.29, 1.82) is 0 Å². The van der Waals surface area contributed by atoms with E-state index in [9.17, 15) is 4.79 Å². The van der Waals surface area contributed by atoms with Gasteiger partial charge in [0.15, 0.2) is 0 Å². The molecule has 11 heavy (non-hydrogen) atoms. The van der Waals surface area contributed by atoms with Crippen LogP contribution in [-0.4, -0.2) is 12.5 Å². The molecule has 1 aliphatic rings. The van der Waals surface area contributed by atoms with E-state index in [0.29, 0.717) is 0 Å². The first kappa shape index (κ1) is 8.57. The summed E-state index contributed by atoms with van der Waals surface area (Å²) in [6, 6.07) is 0. The molecule has 0 spiro atoms. The number of amides is 1. The second kappa shape index (κ2) is 3.74. The van der Waals surface area contributed by atoms with Gasteiger partial charge in [0.2, 0.25) is 5.91 Å². The van der Waals surface area contributed by atoms with Gasteiger partial charge in [-0.2, -0.15) is 0 Å². The third-order valence-corrected chi connectivity index (χ3v) is 2.17. The Morgan fingerprint density at radius 1 is 1.64 bits per heavy atom. The Hall–Kier alpha value is -0.530. The molecule has 0 saturated carbocycles. The Labute approximate surface area is 68.4 Å². The number of piperidine rings is 1. The largest absolute Gasteiger partial charge is 0.356 e. The van der Waals surface area contributed by atoms with Crippen LogP contribution in [0, 0.1) is 11.8 Å². The molecule has 2 heteroatoms. The van der Waals surface area contributed by atoms with Crippen LogP contribution in [0.3, 0.4) is 0 Å².